The van der Waals surface area contributed by atoms with Gasteiger partial charge in [-0.2, -0.15) is 0 Å². The summed E-state index contributed by atoms with van der Waals surface area (Å²) in [6.07, 6.45) is 6.32. The van der Waals surface area contributed by atoms with Gasteiger partial charge < -0.3 is 16.0 Å². The molecular weight excluding hydrogens is 355 g/mol. The standard InChI is InChI=1S/C13H24N4O.HI/c1-13(2,3)17-11(18)9-15-12(14-4)16-10-7-5-6-8-10;/h5-6,10H,7-9H2,1-4H3,(H,17,18)(H2,14,15,16);1H. The molecule has 19 heavy (non-hydrogen) atoms. The zero-order valence-electron chi connectivity index (χ0n) is 12.1. The zero-order chi connectivity index (χ0) is 13.6. The summed E-state index contributed by atoms with van der Waals surface area (Å²) in [5, 5.41) is 9.19. The van der Waals surface area contributed by atoms with Crippen LogP contribution in [-0.2, 0) is 4.79 Å². The highest BCUT2D eigenvalue weighted by atomic mass is 127. The minimum atomic E-state index is -0.203. The summed E-state index contributed by atoms with van der Waals surface area (Å²) in [4.78, 5) is 15.8. The maximum atomic E-state index is 11.6. The number of aliphatic imine (C=N–C) groups is 1. The van der Waals surface area contributed by atoms with Crippen molar-refractivity contribution in [2.24, 2.45) is 4.99 Å². The Balaban J connectivity index is 0.00000324. The van der Waals surface area contributed by atoms with Gasteiger partial charge in [0, 0.05) is 18.6 Å². The molecule has 0 unspecified atom stereocenters. The van der Waals surface area contributed by atoms with Gasteiger partial charge in [-0.25, -0.2) is 0 Å². The molecule has 3 N–H and O–H groups in total. The van der Waals surface area contributed by atoms with Crippen molar-refractivity contribution in [1.82, 2.24) is 16.0 Å². The van der Waals surface area contributed by atoms with Crippen LogP contribution in [0.2, 0.25) is 0 Å². The monoisotopic (exact) mass is 380 g/mol. The highest BCUT2D eigenvalue weighted by Crippen LogP contribution is 2.08. The third-order valence-electron chi connectivity index (χ3n) is 2.50. The molecule has 0 spiro atoms. The number of rotatable bonds is 3. The summed E-state index contributed by atoms with van der Waals surface area (Å²) in [6.45, 7) is 6.11. The maximum Gasteiger partial charge on any atom is 0.239 e. The Labute approximate surface area is 132 Å². The highest BCUT2D eigenvalue weighted by molar-refractivity contribution is 14.0. The number of carbonyl (C=O) groups is 1. The third kappa shape index (κ3) is 8.07. The number of halogens is 1. The van der Waals surface area contributed by atoms with Gasteiger partial charge in [0.15, 0.2) is 5.96 Å². The number of hydrogen-bond donors (Lipinski definition) is 3. The number of amides is 1. The summed E-state index contributed by atoms with van der Waals surface area (Å²) in [5.74, 6) is 0.641. The predicted octanol–water partition coefficient (Wildman–Crippen LogP) is 1.40. The molecule has 0 saturated heterocycles. The van der Waals surface area contributed by atoms with E-state index in [0.717, 1.165) is 12.8 Å². The fourth-order valence-electron chi connectivity index (χ4n) is 1.75. The van der Waals surface area contributed by atoms with Gasteiger partial charge in [-0.3, -0.25) is 9.79 Å². The lowest BCUT2D eigenvalue weighted by Crippen LogP contribution is -2.49. The molecule has 0 aromatic carbocycles. The topological polar surface area (TPSA) is 65.5 Å². The van der Waals surface area contributed by atoms with Gasteiger partial charge in [-0.15, -0.1) is 24.0 Å². The molecule has 0 saturated carbocycles. The number of nitrogens with zero attached hydrogens (tertiary/aromatic N) is 1. The van der Waals surface area contributed by atoms with Gasteiger partial charge in [0.05, 0.1) is 6.54 Å². The molecule has 6 heteroatoms. The summed E-state index contributed by atoms with van der Waals surface area (Å²) in [7, 11) is 1.71. The van der Waals surface area contributed by atoms with Crippen LogP contribution in [0.5, 0.6) is 0 Å². The number of nitrogens with one attached hydrogen (secondary N) is 3. The second-order valence-electron chi connectivity index (χ2n) is 5.51. The second kappa shape index (κ2) is 8.39. The minimum Gasteiger partial charge on any atom is -0.353 e. The van der Waals surface area contributed by atoms with Gasteiger partial charge in [-0.05, 0) is 33.6 Å². The van der Waals surface area contributed by atoms with E-state index in [1.54, 1.807) is 7.05 Å². The Morgan fingerprint density at radius 2 is 1.89 bits per heavy atom. The molecule has 0 fully saturated rings. The molecule has 110 valence electrons. The lowest BCUT2D eigenvalue weighted by molar-refractivity contribution is -0.121. The number of guanidine groups is 1. The zero-order valence-corrected chi connectivity index (χ0v) is 14.4. The quantitative estimate of drug-likeness (QED) is 0.300. The SMILES string of the molecule is CN=C(NCC(=O)NC(C)(C)C)NC1CC=CC1.I. The van der Waals surface area contributed by atoms with Crippen molar-refractivity contribution >= 4 is 35.8 Å². The van der Waals surface area contributed by atoms with Crippen molar-refractivity contribution in [2.45, 2.75) is 45.2 Å². The van der Waals surface area contributed by atoms with Crippen LogP contribution in [0, 0.1) is 0 Å². The van der Waals surface area contributed by atoms with Gasteiger partial charge in [0.2, 0.25) is 5.91 Å². The first-order valence-electron chi connectivity index (χ1n) is 6.34. The summed E-state index contributed by atoms with van der Waals surface area (Å²) < 4.78 is 0. The fraction of sp³-hybridized carbons (Fsp3) is 0.692. The van der Waals surface area contributed by atoms with Crippen molar-refractivity contribution in [3.63, 3.8) is 0 Å². The molecule has 0 aromatic heterocycles. The Hall–Kier alpha value is -0.790. The Morgan fingerprint density at radius 1 is 1.32 bits per heavy atom. The van der Waals surface area contributed by atoms with Crippen LogP contribution in [0.15, 0.2) is 17.1 Å². The molecule has 0 radical (unpaired) electrons. The smallest absolute Gasteiger partial charge is 0.239 e. The first kappa shape index (κ1) is 18.2. The molecule has 0 bridgehead atoms. The average molecular weight is 380 g/mol. The van der Waals surface area contributed by atoms with Crippen molar-refractivity contribution < 1.29 is 4.79 Å². The second-order valence-corrected chi connectivity index (χ2v) is 5.51. The maximum absolute atomic E-state index is 11.6. The molecule has 0 atom stereocenters. The Bertz CT molecular complexity index is 339. The van der Waals surface area contributed by atoms with E-state index in [9.17, 15) is 4.79 Å². The fourth-order valence-corrected chi connectivity index (χ4v) is 1.75. The van der Waals surface area contributed by atoms with Crippen LogP contribution in [0.4, 0.5) is 0 Å². The van der Waals surface area contributed by atoms with Gasteiger partial charge in [0.1, 0.15) is 0 Å². The lowest BCUT2D eigenvalue weighted by Gasteiger charge is -2.21. The molecule has 5 nitrogen and oxygen atoms in total. The van der Waals surface area contributed by atoms with E-state index < -0.39 is 0 Å². The normalized spacial score (nSPS) is 15.9. The van der Waals surface area contributed by atoms with E-state index in [1.807, 2.05) is 20.8 Å². The van der Waals surface area contributed by atoms with Gasteiger partial charge >= 0.3 is 0 Å². The average Bonchev–Trinajstić information content (AvgIpc) is 2.74. The molecule has 1 amide bonds. The van der Waals surface area contributed by atoms with Crippen LogP contribution in [0.3, 0.4) is 0 Å². The summed E-state index contributed by atoms with van der Waals surface area (Å²) in [5.41, 5.74) is -0.203. The van der Waals surface area contributed by atoms with Crippen molar-refractivity contribution in [2.75, 3.05) is 13.6 Å². The van der Waals surface area contributed by atoms with E-state index in [-0.39, 0.29) is 42.0 Å². The highest BCUT2D eigenvalue weighted by Gasteiger charge is 2.15. The molecule has 1 aliphatic carbocycles. The molecule has 1 aliphatic rings. The minimum absolute atomic E-state index is 0. The van der Waals surface area contributed by atoms with E-state index in [0.29, 0.717) is 12.0 Å². The largest absolute Gasteiger partial charge is 0.353 e. The van der Waals surface area contributed by atoms with Crippen LogP contribution in [-0.4, -0.2) is 37.0 Å². The summed E-state index contributed by atoms with van der Waals surface area (Å²) >= 11 is 0. The number of carbonyl (C=O) groups excluding carboxylic acids is 1. The summed E-state index contributed by atoms with van der Waals surface area (Å²) in [6, 6.07) is 0.391. The Morgan fingerprint density at radius 3 is 2.37 bits per heavy atom. The number of hydrogen-bond acceptors (Lipinski definition) is 2. The van der Waals surface area contributed by atoms with E-state index in [4.69, 9.17) is 0 Å². The van der Waals surface area contributed by atoms with Crippen molar-refractivity contribution in [3.05, 3.63) is 12.2 Å². The van der Waals surface area contributed by atoms with E-state index in [1.165, 1.54) is 0 Å². The van der Waals surface area contributed by atoms with Crippen molar-refractivity contribution in [3.8, 4) is 0 Å². The van der Waals surface area contributed by atoms with Gasteiger partial charge in [-0.1, -0.05) is 12.2 Å². The predicted molar refractivity (Wildman–Crippen MR) is 90.0 cm³/mol. The van der Waals surface area contributed by atoms with Crippen molar-refractivity contribution in [1.29, 1.82) is 0 Å². The molecule has 0 aliphatic heterocycles. The van der Waals surface area contributed by atoms with Crippen LogP contribution in [0.25, 0.3) is 0 Å². The van der Waals surface area contributed by atoms with Gasteiger partial charge in [0.25, 0.3) is 0 Å². The van der Waals surface area contributed by atoms with Crippen LogP contribution < -0.4 is 16.0 Å². The van der Waals surface area contributed by atoms with Crippen LogP contribution in [0.1, 0.15) is 33.6 Å². The molecule has 0 aromatic rings. The van der Waals surface area contributed by atoms with Crippen LogP contribution >= 0.6 is 24.0 Å². The first-order chi connectivity index (χ1) is 8.40. The Kier molecular flexibility index (Phi) is 8.05. The first-order valence-corrected chi connectivity index (χ1v) is 6.34. The molecular formula is C13H25IN4O. The third-order valence-corrected chi connectivity index (χ3v) is 2.50. The van der Waals surface area contributed by atoms with E-state index in [2.05, 4.69) is 33.1 Å². The molecule has 1 rings (SSSR count). The molecule has 0 heterocycles. The lowest BCUT2D eigenvalue weighted by atomic mass is 10.1. The van der Waals surface area contributed by atoms with E-state index >= 15 is 0 Å².